The minimum atomic E-state index is -0.600. The number of anilines is 2. The highest BCUT2D eigenvalue weighted by atomic mass is 35.5. The number of hydrogen-bond acceptors (Lipinski definition) is 3. The number of carbonyl (C=O) groups is 2. The van der Waals surface area contributed by atoms with Crippen LogP contribution in [0.2, 0.25) is 10.0 Å². The van der Waals surface area contributed by atoms with E-state index in [1.54, 1.807) is 37.3 Å². The Morgan fingerprint density at radius 1 is 0.920 bits per heavy atom. The van der Waals surface area contributed by atoms with Gasteiger partial charge in [0.05, 0.1) is 10.0 Å². The molecule has 3 amide bonds. The molecule has 0 aromatic heterocycles. The molecule has 0 bridgehead atoms. The average Bonchev–Trinajstić information content (AvgIpc) is 2.58. The number of nitrogens with one attached hydrogen (secondary N) is 4. The van der Waals surface area contributed by atoms with Gasteiger partial charge in [0.25, 0.3) is 5.91 Å². The minimum absolute atomic E-state index is 0.384. The predicted molar refractivity (Wildman–Crippen MR) is 101 cm³/mol. The molecule has 132 valence electrons. The van der Waals surface area contributed by atoms with E-state index in [2.05, 4.69) is 21.5 Å². The van der Waals surface area contributed by atoms with E-state index < -0.39 is 18.0 Å². The number of carbonyl (C=O) groups excluding carboxylic acids is 2. The van der Waals surface area contributed by atoms with Gasteiger partial charge in [-0.25, -0.2) is 10.2 Å². The fraction of sp³-hybridized carbons (Fsp3) is 0.176. The van der Waals surface area contributed by atoms with Crippen LogP contribution < -0.4 is 21.5 Å². The van der Waals surface area contributed by atoms with Crippen molar-refractivity contribution >= 4 is 46.5 Å². The van der Waals surface area contributed by atoms with E-state index in [-0.39, 0.29) is 0 Å². The Kier molecular flexibility index (Phi) is 6.50. The molecule has 0 aliphatic heterocycles. The quantitative estimate of drug-likeness (QED) is 0.606. The standard InChI is InChI=1S/C17H18Cl2N4O2/c1-10-3-5-12(6-4-10)21-17(25)23-22-16(24)11(2)20-13-7-8-14(18)15(19)9-13/h3-9,11,20H,1-2H3,(H,22,24)(H2,21,23,25). The van der Waals surface area contributed by atoms with Gasteiger partial charge >= 0.3 is 6.03 Å². The van der Waals surface area contributed by atoms with Crippen molar-refractivity contribution in [3.63, 3.8) is 0 Å². The van der Waals surface area contributed by atoms with Gasteiger partial charge in [0.2, 0.25) is 0 Å². The Hall–Kier alpha value is -2.44. The molecule has 0 saturated heterocycles. The SMILES string of the molecule is Cc1ccc(NC(=O)NNC(=O)C(C)Nc2ccc(Cl)c(Cl)c2)cc1. The van der Waals surface area contributed by atoms with Crippen molar-refractivity contribution in [3.8, 4) is 0 Å². The lowest BCUT2D eigenvalue weighted by molar-refractivity contribution is -0.122. The summed E-state index contributed by atoms with van der Waals surface area (Å²) in [5, 5.41) is 6.39. The Bertz CT molecular complexity index is 766. The molecule has 0 heterocycles. The number of hydrogen-bond donors (Lipinski definition) is 4. The number of rotatable bonds is 4. The van der Waals surface area contributed by atoms with Gasteiger partial charge in [0, 0.05) is 11.4 Å². The van der Waals surface area contributed by atoms with Crippen LogP contribution in [0.4, 0.5) is 16.2 Å². The lowest BCUT2D eigenvalue weighted by Gasteiger charge is -2.16. The highest BCUT2D eigenvalue weighted by Gasteiger charge is 2.14. The molecule has 0 fully saturated rings. The summed E-state index contributed by atoms with van der Waals surface area (Å²) in [4.78, 5) is 23.8. The largest absolute Gasteiger partial charge is 0.374 e. The summed E-state index contributed by atoms with van der Waals surface area (Å²) >= 11 is 11.8. The normalized spacial score (nSPS) is 11.4. The molecular formula is C17H18Cl2N4O2. The van der Waals surface area contributed by atoms with E-state index in [0.29, 0.717) is 21.4 Å². The third kappa shape index (κ3) is 5.85. The number of urea groups is 1. The number of amides is 3. The third-order valence-corrected chi connectivity index (χ3v) is 4.04. The van der Waals surface area contributed by atoms with E-state index in [4.69, 9.17) is 23.2 Å². The van der Waals surface area contributed by atoms with Gasteiger partial charge in [-0.15, -0.1) is 0 Å². The summed E-state index contributed by atoms with van der Waals surface area (Å²) in [7, 11) is 0. The second-order valence-electron chi connectivity index (χ2n) is 5.43. The number of halogens is 2. The predicted octanol–water partition coefficient (Wildman–Crippen LogP) is 3.96. The van der Waals surface area contributed by atoms with Crippen LogP contribution in [-0.4, -0.2) is 18.0 Å². The molecule has 2 aromatic rings. The van der Waals surface area contributed by atoms with E-state index in [0.717, 1.165) is 5.56 Å². The molecule has 2 aromatic carbocycles. The Morgan fingerprint density at radius 3 is 2.20 bits per heavy atom. The molecule has 4 N–H and O–H groups in total. The first-order chi connectivity index (χ1) is 11.8. The Labute approximate surface area is 155 Å². The van der Waals surface area contributed by atoms with Gasteiger partial charge in [-0.1, -0.05) is 40.9 Å². The summed E-state index contributed by atoms with van der Waals surface area (Å²) in [6, 6.07) is 11.1. The van der Waals surface area contributed by atoms with E-state index >= 15 is 0 Å². The zero-order valence-electron chi connectivity index (χ0n) is 13.7. The maximum atomic E-state index is 12.0. The molecule has 1 unspecified atom stereocenters. The van der Waals surface area contributed by atoms with Crippen molar-refractivity contribution in [1.29, 1.82) is 0 Å². The van der Waals surface area contributed by atoms with Gasteiger partial charge in [-0.3, -0.25) is 10.2 Å². The van der Waals surface area contributed by atoms with Crippen LogP contribution in [0.5, 0.6) is 0 Å². The highest BCUT2D eigenvalue weighted by Crippen LogP contribution is 2.25. The monoisotopic (exact) mass is 380 g/mol. The summed E-state index contributed by atoms with van der Waals surface area (Å²) in [6.45, 7) is 3.60. The second-order valence-corrected chi connectivity index (χ2v) is 6.24. The fourth-order valence-corrected chi connectivity index (χ4v) is 2.23. The molecular weight excluding hydrogens is 363 g/mol. The van der Waals surface area contributed by atoms with Crippen molar-refractivity contribution < 1.29 is 9.59 Å². The van der Waals surface area contributed by atoms with Crippen molar-refractivity contribution in [2.45, 2.75) is 19.9 Å². The molecule has 0 spiro atoms. The summed E-state index contributed by atoms with van der Waals surface area (Å²) in [6.07, 6.45) is 0. The van der Waals surface area contributed by atoms with Crippen molar-refractivity contribution in [2.24, 2.45) is 0 Å². The van der Waals surface area contributed by atoms with Gasteiger partial charge in [-0.2, -0.15) is 0 Å². The minimum Gasteiger partial charge on any atom is -0.374 e. The molecule has 8 heteroatoms. The first kappa shape index (κ1) is 18.9. The van der Waals surface area contributed by atoms with E-state index in [9.17, 15) is 9.59 Å². The van der Waals surface area contributed by atoms with Crippen molar-refractivity contribution in [1.82, 2.24) is 10.9 Å². The molecule has 0 saturated carbocycles. The maximum Gasteiger partial charge on any atom is 0.337 e. The Morgan fingerprint density at radius 2 is 1.56 bits per heavy atom. The molecule has 1 atom stereocenters. The molecule has 0 aliphatic carbocycles. The number of benzene rings is 2. The maximum absolute atomic E-state index is 12.0. The van der Waals surface area contributed by atoms with Crippen molar-refractivity contribution in [3.05, 3.63) is 58.1 Å². The topological polar surface area (TPSA) is 82.3 Å². The molecule has 0 radical (unpaired) electrons. The first-order valence-corrected chi connectivity index (χ1v) is 8.26. The zero-order valence-corrected chi connectivity index (χ0v) is 15.2. The summed E-state index contributed by atoms with van der Waals surface area (Å²) in [5.74, 6) is -0.412. The van der Waals surface area contributed by atoms with Gasteiger partial charge < -0.3 is 10.6 Å². The lowest BCUT2D eigenvalue weighted by atomic mass is 10.2. The average molecular weight is 381 g/mol. The highest BCUT2D eigenvalue weighted by molar-refractivity contribution is 6.42. The smallest absolute Gasteiger partial charge is 0.337 e. The van der Waals surface area contributed by atoms with Crippen LogP contribution >= 0.6 is 23.2 Å². The zero-order chi connectivity index (χ0) is 18.4. The van der Waals surface area contributed by atoms with E-state index in [1.165, 1.54) is 0 Å². The summed E-state index contributed by atoms with van der Waals surface area (Å²) in [5.41, 5.74) is 6.98. The van der Waals surface area contributed by atoms with E-state index in [1.807, 2.05) is 19.1 Å². The first-order valence-electron chi connectivity index (χ1n) is 7.50. The third-order valence-electron chi connectivity index (χ3n) is 3.30. The molecule has 6 nitrogen and oxygen atoms in total. The number of aryl methyl sites for hydroxylation is 1. The van der Waals surface area contributed by atoms with Crippen molar-refractivity contribution in [2.75, 3.05) is 10.6 Å². The molecule has 2 rings (SSSR count). The van der Waals surface area contributed by atoms with Gasteiger partial charge in [0.1, 0.15) is 6.04 Å². The lowest BCUT2D eigenvalue weighted by Crippen LogP contribution is -2.49. The van der Waals surface area contributed by atoms with Gasteiger partial charge in [-0.05, 0) is 44.2 Å². The van der Waals surface area contributed by atoms with Crippen LogP contribution in [0.1, 0.15) is 12.5 Å². The number of hydrazine groups is 1. The Balaban J connectivity index is 1.81. The fourth-order valence-electron chi connectivity index (χ4n) is 1.93. The van der Waals surface area contributed by atoms with Crippen LogP contribution in [0.15, 0.2) is 42.5 Å². The van der Waals surface area contributed by atoms with Crippen LogP contribution in [-0.2, 0) is 4.79 Å². The second kappa shape index (κ2) is 8.60. The molecule has 25 heavy (non-hydrogen) atoms. The molecule has 0 aliphatic rings. The van der Waals surface area contributed by atoms with Crippen LogP contribution in [0.25, 0.3) is 0 Å². The van der Waals surface area contributed by atoms with Gasteiger partial charge in [0.15, 0.2) is 0 Å². The summed E-state index contributed by atoms with van der Waals surface area (Å²) < 4.78 is 0. The van der Waals surface area contributed by atoms with Crippen LogP contribution in [0.3, 0.4) is 0 Å². The van der Waals surface area contributed by atoms with Crippen LogP contribution in [0, 0.1) is 6.92 Å².